The summed E-state index contributed by atoms with van der Waals surface area (Å²) in [6.45, 7) is 1.65. The van der Waals surface area contributed by atoms with Gasteiger partial charge in [-0.3, -0.25) is 23.7 Å². The molecule has 2 amide bonds. The van der Waals surface area contributed by atoms with Crippen molar-refractivity contribution in [2.24, 2.45) is 5.73 Å². The fraction of sp³-hybridized carbons (Fsp3) is 0.750. The maximum absolute atomic E-state index is 12.7. The number of unbranched alkanes of at least 4 members (excludes halogenated alkanes) is 1. The summed E-state index contributed by atoms with van der Waals surface area (Å²) in [7, 11) is -3.97. The van der Waals surface area contributed by atoms with Crippen LogP contribution in [0.4, 0.5) is 0 Å². The Kier molecular flexibility index (Phi) is 12.3. The fourth-order valence-corrected chi connectivity index (χ4v) is 4.07. The van der Waals surface area contributed by atoms with Gasteiger partial charge in [-0.2, -0.15) is 0 Å². The van der Waals surface area contributed by atoms with Crippen LogP contribution >= 0.6 is 7.37 Å². The minimum Gasteiger partial charge on any atom is -0.481 e. The van der Waals surface area contributed by atoms with Crippen molar-refractivity contribution >= 4 is 31.1 Å². The van der Waals surface area contributed by atoms with Crippen molar-refractivity contribution in [3.05, 3.63) is 0 Å². The minimum absolute atomic E-state index is 0.0991. The van der Waals surface area contributed by atoms with E-state index in [1.807, 2.05) is 0 Å². The van der Waals surface area contributed by atoms with E-state index in [1.54, 1.807) is 0 Å². The van der Waals surface area contributed by atoms with Crippen LogP contribution in [0.15, 0.2) is 0 Å². The molecule has 28 heavy (non-hydrogen) atoms. The van der Waals surface area contributed by atoms with E-state index >= 15 is 0 Å². The first kappa shape index (κ1) is 26.0. The molecule has 0 aliphatic carbocycles. The van der Waals surface area contributed by atoms with Gasteiger partial charge in [-0.15, -0.1) is 0 Å². The molecule has 0 aromatic rings. The Hall–Kier alpha value is -1.97. The first-order valence-electron chi connectivity index (χ1n) is 9.04. The van der Waals surface area contributed by atoms with Crippen LogP contribution in [0.1, 0.15) is 51.9 Å². The van der Waals surface area contributed by atoms with Crippen molar-refractivity contribution in [2.45, 2.75) is 63.7 Å². The molecular formula is C16H30N3O8P. The normalized spacial score (nSPS) is 15.1. The van der Waals surface area contributed by atoms with Gasteiger partial charge in [-0.05, 0) is 39.2 Å². The van der Waals surface area contributed by atoms with E-state index in [-0.39, 0.29) is 32.1 Å². The maximum atomic E-state index is 12.7. The molecule has 0 saturated carbocycles. The molecule has 0 spiro atoms. The zero-order valence-corrected chi connectivity index (χ0v) is 16.8. The van der Waals surface area contributed by atoms with Crippen LogP contribution < -0.4 is 16.4 Å². The fourth-order valence-electron chi connectivity index (χ4n) is 2.31. The van der Waals surface area contributed by atoms with Crippen LogP contribution in [0.5, 0.6) is 0 Å². The van der Waals surface area contributed by atoms with Crippen LogP contribution in [0.2, 0.25) is 0 Å². The van der Waals surface area contributed by atoms with Gasteiger partial charge in [0.05, 0.1) is 0 Å². The highest BCUT2D eigenvalue weighted by atomic mass is 31.2. The highest BCUT2D eigenvalue weighted by Gasteiger charge is 2.32. The number of hydrogen-bond donors (Lipinski definition) is 6. The lowest BCUT2D eigenvalue weighted by molar-refractivity contribution is -0.141. The second kappa shape index (κ2) is 13.2. The van der Waals surface area contributed by atoms with E-state index in [0.29, 0.717) is 19.4 Å². The molecule has 0 heterocycles. The number of carboxylic acid groups (broad SMARTS) is 2. The number of carbonyl (C=O) groups excluding carboxylic acids is 2. The highest BCUT2D eigenvalue weighted by Crippen LogP contribution is 2.47. The van der Waals surface area contributed by atoms with Crippen LogP contribution in [0.3, 0.4) is 0 Å². The number of carboxylic acids is 2. The van der Waals surface area contributed by atoms with Gasteiger partial charge in [0.15, 0.2) is 0 Å². The third kappa shape index (κ3) is 11.7. The first-order chi connectivity index (χ1) is 13.0. The molecule has 3 unspecified atom stereocenters. The maximum Gasteiger partial charge on any atom is 0.325 e. The lowest BCUT2D eigenvalue weighted by Gasteiger charge is -2.24. The molecule has 0 aliphatic heterocycles. The molecule has 11 nitrogen and oxygen atoms in total. The molecule has 0 bridgehead atoms. The molecule has 0 aliphatic rings. The number of nitrogens with two attached hydrogens (primary N) is 1. The molecule has 0 radical (unpaired) electrons. The number of rotatable bonds is 15. The summed E-state index contributed by atoms with van der Waals surface area (Å²) in [4.78, 5) is 55.3. The first-order valence-corrected chi connectivity index (χ1v) is 11.0. The number of carbonyl (C=O) groups is 4. The van der Waals surface area contributed by atoms with Gasteiger partial charge >= 0.3 is 11.9 Å². The molecule has 3 atom stereocenters. The van der Waals surface area contributed by atoms with E-state index < -0.39 is 49.1 Å². The third-order valence-corrected chi connectivity index (χ3v) is 6.17. The average molecular weight is 423 g/mol. The third-order valence-electron chi connectivity index (χ3n) is 3.95. The zero-order valence-electron chi connectivity index (χ0n) is 15.9. The van der Waals surface area contributed by atoms with Crippen LogP contribution in [0, 0.1) is 0 Å². The van der Waals surface area contributed by atoms with E-state index in [2.05, 4.69) is 10.6 Å². The summed E-state index contributed by atoms with van der Waals surface area (Å²) in [6.07, 6.45) is 0.276. The van der Waals surface area contributed by atoms with Crippen molar-refractivity contribution in [2.75, 3.05) is 12.7 Å². The minimum atomic E-state index is -3.97. The monoisotopic (exact) mass is 423 g/mol. The van der Waals surface area contributed by atoms with E-state index in [4.69, 9.17) is 15.9 Å². The second-order valence-corrected chi connectivity index (χ2v) is 9.05. The van der Waals surface area contributed by atoms with Crippen molar-refractivity contribution in [3.8, 4) is 0 Å². The molecule has 0 rings (SSSR count). The Morgan fingerprint density at radius 2 is 1.57 bits per heavy atom. The van der Waals surface area contributed by atoms with Gasteiger partial charge in [0.2, 0.25) is 19.2 Å². The summed E-state index contributed by atoms with van der Waals surface area (Å²) in [5, 5.41) is 22.0. The lowest BCUT2D eigenvalue weighted by atomic mass is 10.2. The van der Waals surface area contributed by atoms with E-state index in [1.165, 1.54) is 6.92 Å². The largest absolute Gasteiger partial charge is 0.481 e. The average Bonchev–Trinajstić information content (AvgIpc) is 2.58. The van der Waals surface area contributed by atoms with Gasteiger partial charge in [0, 0.05) is 25.4 Å². The summed E-state index contributed by atoms with van der Waals surface area (Å²) in [5.41, 5.74) is 5.41. The van der Waals surface area contributed by atoms with Crippen LogP contribution in [-0.2, 0) is 23.7 Å². The second-order valence-electron chi connectivity index (χ2n) is 6.47. The molecule has 162 valence electrons. The van der Waals surface area contributed by atoms with E-state index in [9.17, 15) is 28.6 Å². The van der Waals surface area contributed by atoms with Crippen molar-refractivity contribution < 1.29 is 38.8 Å². The van der Waals surface area contributed by atoms with Crippen molar-refractivity contribution in [3.63, 3.8) is 0 Å². The number of nitrogens with one attached hydrogen (secondary N) is 2. The Bertz CT molecular complexity index is 598. The summed E-state index contributed by atoms with van der Waals surface area (Å²) < 4.78 is 12.7. The Balaban J connectivity index is 4.81. The van der Waals surface area contributed by atoms with Gasteiger partial charge in [-0.1, -0.05) is 0 Å². The Morgan fingerprint density at radius 1 is 0.964 bits per heavy atom. The number of amides is 2. The summed E-state index contributed by atoms with van der Waals surface area (Å²) in [5.74, 6) is -4.58. The number of aliphatic carboxylic acids is 2. The smallest absolute Gasteiger partial charge is 0.325 e. The van der Waals surface area contributed by atoms with E-state index in [0.717, 1.165) is 0 Å². The van der Waals surface area contributed by atoms with Gasteiger partial charge < -0.3 is 31.5 Å². The van der Waals surface area contributed by atoms with Crippen molar-refractivity contribution in [1.82, 2.24) is 10.6 Å². The molecule has 12 heteroatoms. The Labute approximate surface area is 163 Å². The number of hydrogen-bond acceptors (Lipinski definition) is 6. The summed E-state index contributed by atoms with van der Waals surface area (Å²) >= 11 is 0. The van der Waals surface area contributed by atoms with Crippen LogP contribution in [0.25, 0.3) is 0 Å². The SMILES string of the molecule is CC(NC(=O)CCP(=O)(O)C(CCCCN)NC(=O)CCCC(=O)O)C(=O)O. The predicted octanol–water partition coefficient (Wildman–Crippen LogP) is 0.0624. The molecule has 0 aromatic carbocycles. The predicted molar refractivity (Wildman–Crippen MR) is 101 cm³/mol. The molecule has 0 saturated heterocycles. The topological polar surface area (TPSA) is 196 Å². The van der Waals surface area contributed by atoms with Gasteiger partial charge in [0.1, 0.15) is 11.8 Å². The molecule has 0 aromatic heterocycles. The Morgan fingerprint density at radius 3 is 2.11 bits per heavy atom. The van der Waals surface area contributed by atoms with Gasteiger partial charge in [-0.25, -0.2) is 0 Å². The lowest BCUT2D eigenvalue weighted by Crippen LogP contribution is -2.39. The zero-order chi connectivity index (χ0) is 21.7. The summed E-state index contributed by atoms with van der Waals surface area (Å²) in [6, 6.07) is -1.13. The van der Waals surface area contributed by atoms with Crippen LogP contribution in [-0.4, -0.2) is 63.4 Å². The molecule has 0 fully saturated rings. The quantitative estimate of drug-likeness (QED) is 0.156. The van der Waals surface area contributed by atoms with Crippen molar-refractivity contribution in [1.29, 1.82) is 0 Å². The molecular weight excluding hydrogens is 393 g/mol. The standard InChI is InChI=1S/C16H30N3O8P/c1-11(16(24)25)18-13(21)8-10-28(26,27)14(6-2-3-9-17)19-12(20)5-4-7-15(22)23/h11,14H,2-10,17H2,1H3,(H,18,21)(H,19,20)(H,22,23)(H,24,25)(H,26,27). The van der Waals surface area contributed by atoms with Gasteiger partial charge in [0.25, 0.3) is 0 Å². The molecule has 7 N–H and O–H groups in total. The highest BCUT2D eigenvalue weighted by molar-refractivity contribution is 7.58.